The van der Waals surface area contributed by atoms with Gasteiger partial charge in [0.25, 0.3) is 0 Å². The van der Waals surface area contributed by atoms with Gasteiger partial charge < -0.3 is 20.4 Å². The highest BCUT2D eigenvalue weighted by Crippen LogP contribution is 2.27. The van der Waals surface area contributed by atoms with E-state index >= 15 is 0 Å². The van der Waals surface area contributed by atoms with Crippen LogP contribution in [0.25, 0.3) is 12.2 Å². The summed E-state index contributed by atoms with van der Waals surface area (Å²) in [6.45, 7) is 0. The first-order valence-electron chi connectivity index (χ1n) is 5.28. The standard InChI is InChI=1S/C14H12O4/c15-11-5-3-9(7-13(11)17)1-2-10-4-6-12(16)14(18)8-10/h1-8,15-18H/b2-1+. The lowest BCUT2D eigenvalue weighted by Crippen LogP contribution is -1.75. The molecule has 0 bridgehead atoms. The second kappa shape index (κ2) is 4.71. The van der Waals surface area contributed by atoms with Crippen LogP contribution in [0.2, 0.25) is 0 Å². The normalized spacial score (nSPS) is 10.9. The molecule has 0 aromatic heterocycles. The van der Waals surface area contributed by atoms with Crippen molar-refractivity contribution in [1.29, 1.82) is 0 Å². The van der Waals surface area contributed by atoms with Crippen molar-refractivity contribution in [3.8, 4) is 23.0 Å². The summed E-state index contributed by atoms with van der Waals surface area (Å²) >= 11 is 0. The highest BCUT2D eigenvalue weighted by Gasteiger charge is 1.99. The molecule has 0 unspecified atom stereocenters. The van der Waals surface area contributed by atoms with Crippen LogP contribution in [-0.2, 0) is 0 Å². The van der Waals surface area contributed by atoms with Crippen LogP contribution in [0.4, 0.5) is 0 Å². The molecule has 0 aliphatic heterocycles. The minimum absolute atomic E-state index is 0.172. The molecule has 4 heteroatoms. The molecule has 0 radical (unpaired) electrons. The summed E-state index contributed by atoms with van der Waals surface area (Å²) in [7, 11) is 0. The minimum Gasteiger partial charge on any atom is -0.504 e. The molecule has 18 heavy (non-hydrogen) atoms. The van der Waals surface area contributed by atoms with Crippen LogP contribution in [0.3, 0.4) is 0 Å². The molecule has 0 saturated heterocycles. The molecule has 0 amide bonds. The van der Waals surface area contributed by atoms with E-state index in [-0.39, 0.29) is 23.0 Å². The minimum atomic E-state index is -0.189. The number of phenolic OH excluding ortho intramolecular Hbond substituents is 4. The van der Waals surface area contributed by atoms with Crippen molar-refractivity contribution >= 4 is 12.2 Å². The van der Waals surface area contributed by atoms with E-state index in [0.29, 0.717) is 11.1 Å². The quantitative estimate of drug-likeness (QED) is 0.483. The van der Waals surface area contributed by atoms with Crippen molar-refractivity contribution in [2.75, 3.05) is 0 Å². The summed E-state index contributed by atoms with van der Waals surface area (Å²) < 4.78 is 0. The lowest BCUT2D eigenvalue weighted by molar-refractivity contribution is 0.403. The van der Waals surface area contributed by atoms with E-state index in [0.717, 1.165) is 0 Å². The predicted octanol–water partition coefficient (Wildman–Crippen LogP) is 2.68. The Hall–Kier alpha value is -2.62. The Bertz CT molecular complexity index is 549. The van der Waals surface area contributed by atoms with Gasteiger partial charge in [0, 0.05) is 0 Å². The predicted molar refractivity (Wildman–Crippen MR) is 68.5 cm³/mol. The molecule has 0 heterocycles. The highest BCUT2D eigenvalue weighted by molar-refractivity contribution is 5.71. The zero-order valence-corrected chi connectivity index (χ0v) is 9.41. The Balaban J connectivity index is 2.24. The number of rotatable bonds is 2. The van der Waals surface area contributed by atoms with Gasteiger partial charge in [0.2, 0.25) is 0 Å². The fourth-order valence-electron chi connectivity index (χ4n) is 1.48. The molecular formula is C14H12O4. The van der Waals surface area contributed by atoms with Crippen molar-refractivity contribution in [3.63, 3.8) is 0 Å². The largest absolute Gasteiger partial charge is 0.504 e. The zero-order chi connectivity index (χ0) is 13.1. The van der Waals surface area contributed by atoms with Crippen molar-refractivity contribution in [1.82, 2.24) is 0 Å². The Morgan fingerprint density at radius 2 is 0.944 bits per heavy atom. The molecule has 2 aromatic rings. The number of hydrogen-bond donors (Lipinski definition) is 4. The summed E-state index contributed by atoms with van der Waals surface area (Å²) in [5.41, 5.74) is 1.41. The maximum absolute atomic E-state index is 9.32. The monoisotopic (exact) mass is 244 g/mol. The summed E-state index contributed by atoms with van der Waals surface area (Å²) in [4.78, 5) is 0. The molecule has 0 aliphatic rings. The third kappa shape index (κ3) is 2.55. The van der Waals surface area contributed by atoms with Gasteiger partial charge in [-0.25, -0.2) is 0 Å². The average molecular weight is 244 g/mol. The van der Waals surface area contributed by atoms with Gasteiger partial charge in [0.15, 0.2) is 23.0 Å². The number of aromatic hydroxyl groups is 4. The van der Waals surface area contributed by atoms with E-state index in [4.69, 9.17) is 10.2 Å². The lowest BCUT2D eigenvalue weighted by Gasteiger charge is -2.00. The van der Waals surface area contributed by atoms with E-state index < -0.39 is 0 Å². The lowest BCUT2D eigenvalue weighted by atomic mass is 10.1. The first kappa shape index (κ1) is 11.9. The molecule has 0 atom stereocenters. The topological polar surface area (TPSA) is 80.9 Å². The third-order valence-electron chi connectivity index (χ3n) is 2.47. The molecule has 2 rings (SSSR count). The number of phenols is 4. The molecule has 4 N–H and O–H groups in total. The molecule has 92 valence electrons. The second-order valence-corrected chi connectivity index (χ2v) is 3.83. The smallest absolute Gasteiger partial charge is 0.157 e. The second-order valence-electron chi connectivity index (χ2n) is 3.83. The van der Waals surface area contributed by atoms with Gasteiger partial charge >= 0.3 is 0 Å². The van der Waals surface area contributed by atoms with Crippen molar-refractivity contribution in [3.05, 3.63) is 47.5 Å². The Morgan fingerprint density at radius 1 is 0.556 bits per heavy atom. The van der Waals surface area contributed by atoms with E-state index in [1.54, 1.807) is 24.3 Å². The first-order valence-corrected chi connectivity index (χ1v) is 5.28. The summed E-state index contributed by atoms with van der Waals surface area (Å²) in [5, 5.41) is 37.0. The molecule has 0 aliphatic carbocycles. The SMILES string of the molecule is Oc1ccc(/C=C/c2ccc(O)c(O)c2)cc1O. The van der Waals surface area contributed by atoms with E-state index in [2.05, 4.69) is 0 Å². The summed E-state index contributed by atoms with van der Waals surface area (Å²) in [6.07, 6.45) is 3.43. The van der Waals surface area contributed by atoms with Crippen LogP contribution in [0.15, 0.2) is 36.4 Å². The van der Waals surface area contributed by atoms with Crippen LogP contribution >= 0.6 is 0 Å². The molecule has 0 saturated carbocycles. The van der Waals surface area contributed by atoms with Crippen LogP contribution in [0.5, 0.6) is 23.0 Å². The third-order valence-corrected chi connectivity index (χ3v) is 2.47. The molecule has 0 fully saturated rings. The fourth-order valence-corrected chi connectivity index (χ4v) is 1.48. The van der Waals surface area contributed by atoms with Crippen LogP contribution < -0.4 is 0 Å². The Kier molecular flexibility index (Phi) is 3.10. The molecule has 0 spiro atoms. The maximum atomic E-state index is 9.32. The van der Waals surface area contributed by atoms with Gasteiger partial charge in [-0.05, 0) is 35.4 Å². The first-order chi connectivity index (χ1) is 8.56. The maximum Gasteiger partial charge on any atom is 0.157 e. The van der Waals surface area contributed by atoms with Gasteiger partial charge in [-0.2, -0.15) is 0 Å². The average Bonchev–Trinajstić information content (AvgIpc) is 2.35. The van der Waals surface area contributed by atoms with Gasteiger partial charge in [0.1, 0.15) is 0 Å². The highest BCUT2D eigenvalue weighted by atomic mass is 16.3. The van der Waals surface area contributed by atoms with E-state index in [1.807, 2.05) is 0 Å². The number of hydrogen-bond acceptors (Lipinski definition) is 4. The summed E-state index contributed by atoms with van der Waals surface area (Å²) in [5.74, 6) is -0.722. The Morgan fingerprint density at radius 3 is 1.28 bits per heavy atom. The van der Waals surface area contributed by atoms with Gasteiger partial charge in [-0.1, -0.05) is 24.3 Å². The van der Waals surface area contributed by atoms with Gasteiger partial charge in [-0.15, -0.1) is 0 Å². The van der Waals surface area contributed by atoms with Crippen LogP contribution in [0.1, 0.15) is 11.1 Å². The van der Waals surface area contributed by atoms with Crippen LogP contribution in [0, 0.1) is 0 Å². The van der Waals surface area contributed by atoms with Crippen molar-refractivity contribution in [2.45, 2.75) is 0 Å². The van der Waals surface area contributed by atoms with Gasteiger partial charge in [0.05, 0.1) is 0 Å². The van der Waals surface area contributed by atoms with Crippen LogP contribution in [-0.4, -0.2) is 20.4 Å². The fraction of sp³-hybridized carbons (Fsp3) is 0. The zero-order valence-electron chi connectivity index (χ0n) is 9.41. The van der Waals surface area contributed by atoms with Crippen molar-refractivity contribution < 1.29 is 20.4 Å². The number of benzene rings is 2. The summed E-state index contributed by atoms with van der Waals surface area (Å²) in [6, 6.07) is 8.92. The molecular weight excluding hydrogens is 232 g/mol. The molecule has 2 aromatic carbocycles. The van der Waals surface area contributed by atoms with Crippen molar-refractivity contribution in [2.24, 2.45) is 0 Å². The van der Waals surface area contributed by atoms with E-state index in [1.165, 1.54) is 24.3 Å². The molecule has 4 nitrogen and oxygen atoms in total. The van der Waals surface area contributed by atoms with E-state index in [9.17, 15) is 10.2 Å². The van der Waals surface area contributed by atoms with Gasteiger partial charge in [-0.3, -0.25) is 0 Å². The Labute approximate surface area is 104 Å².